The Morgan fingerprint density at radius 3 is 2.81 bits per heavy atom. The molecule has 0 bridgehead atoms. The van der Waals surface area contributed by atoms with Gasteiger partial charge in [0.25, 0.3) is 0 Å². The molecule has 0 saturated carbocycles. The van der Waals surface area contributed by atoms with Gasteiger partial charge in [-0.15, -0.1) is 23.1 Å². The number of aliphatic carboxylic acids is 1. The normalized spacial score (nSPS) is 28.2. The van der Waals surface area contributed by atoms with Crippen molar-refractivity contribution in [3.8, 4) is 0 Å². The second-order valence-corrected chi connectivity index (χ2v) is 7.46. The van der Waals surface area contributed by atoms with Crippen molar-refractivity contribution in [3.63, 3.8) is 0 Å². The zero-order valence-electron chi connectivity index (χ0n) is 8.73. The summed E-state index contributed by atoms with van der Waals surface area (Å²) >= 11 is 8.73. The van der Waals surface area contributed by atoms with Crippen LogP contribution in [0.25, 0.3) is 0 Å². The van der Waals surface area contributed by atoms with Gasteiger partial charge in [0.2, 0.25) is 0 Å². The average molecular weight is 279 g/mol. The fourth-order valence-electron chi connectivity index (χ4n) is 1.65. The number of hydrogen-bond donors (Lipinski definition) is 2. The number of thioether (sulfide) groups is 1. The number of carboxylic acids is 1. The first-order valence-corrected chi connectivity index (χ1v) is 6.75. The van der Waals surface area contributed by atoms with E-state index in [9.17, 15) is 4.79 Å². The summed E-state index contributed by atoms with van der Waals surface area (Å²) in [5, 5.41) is 12.1. The number of hydrogen-bond acceptors (Lipinski definition) is 5. The van der Waals surface area contributed by atoms with E-state index >= 15 is 0 Å². The van der Waals surface area contributed by atoms with E-state index < -0.39 is 12.0 Å². The van der Waals surface area contributed by atoms with E-state index in [1.165, 1.54) is 11.3 Å². The molecule has 1 fully saturated rings. The third kappa shape index (κ3) is 2.20. The Kier molecular flexibility index (Phi) is 3.18. The predicted molar refractivity (Wildman–Crippen MR) is 66.1 cm³/mol. The van der Waals surface area contributed by atoms with E-state index in [-0.39, 0.29) is 10.1 Å². The standard InChI is InChI=1S/C9H11ClN2O2S2/c1-9(2)5(7(13)14)12-6(16-9)4-3-11-8(10)15-4/h3,5-6,12H,1-2H3,(H,13,14). The highest BCUT2D eigenvalue weighted by Gasteiger charge is 2.46. The molecule has 1 aromatic heterocycles. The number of nitrogens with one attached hydrogen (secondary N) is 1. The molecular weight excluding hydrogens is 268 g/mol. The van der Waals surface area contributed by atoms with Crippen molar-refractivity contribution < 1.29 is 9.90 Å². The first-order valence-electron chi connectivity index (χ1n) is 4.68. The van der Waals surface area contributed by atoms with Crippen LogP contribution in [-0.4, -0.2) is 26.8 Å². The lowest BCUT2D eigenvalue weighted by Gasteiger charge is -2.20. The Balaban J connectivity index is 2.20. The maximum atomic E-state index is 11.1. The Labute approximate surface area is 106 Å². The summed E-state index contributed by atoms with van der Waals surface area (Å²) in [6.07, 6.45) is 1.69. The molecule has 0 amide bonds. The third-order valence-corrected chi connectivity index (χ3v) is 5.23. The third-order valence-electron chi connectivity index (χ3n) is 2.44. The van der Waals surface area contributed by atoms with Crippen molar-refractivity contribution in [2.75, 3.05) is 0 Å². The van der Waals surface area contributed by atoms with Gasteiger partial charge in [-0.2, -0.15) is 0 Å². The topological polar surface area (TPSA) is 62.2 Å². The molecule has 2 unspecified atom stereocenters. The Hall–Kier alpha value is -0.300. The van der Waals surface area contributed by atoms with Gasteiger partial charge in [-0.05, 0) is 13.8 Å². The summed E-state index contributed by atoms with van der Waals surface area (Å²) in [5.74, 6) is -0.824. The van der Waals surface area contributed by atoms with Gasteiger partial charge in [0, 0.05) is 10.9 Å². The maximum absolute atomic E-state index is 11.1. The Bertz CT molecular complexity index is 421. The minimum atomic E-state index is -0.824. The highest BCUT2D eigenvalue weighted by atomic mass is 35.5. The van der Waals surface area contributed by atoms with Gasteiger partial charge in [0.1, 0.15) is 6.04 Å². The van der Waals surface area contributed by atoms with E-state index in [0.29, 0.717) is 4.47 Å². The predicted octanol–water partition coefficient (Wildman–Crippen LogP) is 2.36. The lowest BCUT2D eigenvalue weighted by Crippen LogP contribution is -2.43. The molecule has 88 valence electrons. The van der Waals surface area contributed by atoms with Crippen LogP contribution in [0.5, 0.6) is 0 Å². The number of halogens is 1. The number of nitrogens with zero attached hydrogens (tertiary/aromatic N) is 1. The van der Waals surface area contributed by atoms with Crippen LogP contribution in [0.3, 0.4) is 0 Å². The number of carboxylic acid groups (broad SMARTS) is 1. The number of aromatic nitrogens is 1. The van der Waals surface area contributed by atoms with Crippen molar-refractivity contribution in [3.05, 3.63) is 15.5 Å². The Morgan fingerprint density at radius 1 is 1.69 bits per heavy atom. The first kappa shape index (κ1) is 12.2. The van der Waals surface area contributed by atoms with Crippen LogP contribution in [0.15, 0.2) is 6.20 Å². The molecule has 1 aliphatic rings. The second kappa shape index (κ2) is 4.18. The highest BCUT2D eigenvalue weighted by Crippen LogP contribution is 2.47. The van der Waals surface area contributed by atoms with E-state index in [2.05, 4.69) is 10.3 Å². The molecule has 2 N–H and O–H groups in total. The van der Waals surface area contributed by atoms with Crippen LogP contribution >= 0.6 is 34.7 Å². The van der Waals surface area contributed by atoms with Gasteiger partial charge < -0.3 is 5.11 Å². The van der Waals surface area contributed by atoms with Gasteiger partial charge in [-0.3, -0.25) is 10.1 Å². The molecule has 16 heavy (non-hydrogen) atoms. The van der Waals surface area contributed by atoms with Crippen LogP contribution in [0.2, 0.25) is 4.47 Å². The molecule has 7 heteroatoms. The zero-order chi connectivity index (χ0) is 11.9. The van der Waals surface area contributed by atoms with Gasteiger partial charge in [0.05, 0.1) is 10.3 Å². The molecule has 1 aliphatic heterocycles. The smallest absolute Gasteiger partial charge is 0.322 e. The van der Waals surface area contributed by atoms with Crippen LogP contribution < -0.4 is 5.32 Å². The van der Waals surface area contributed by atoms with Crippen molar-refractivity contribution in [1.82, 2.24) is 10.3 Å². The summed E-state index contributed by atoms with van der Waals surface area (Å²) in [4.78, 5) is 16.0. The fourth-order valence-corrected chi connectivity index (χ4v) is 4.13. The van der Waals surface area contributed by atoms with Crippen LogP contribution in [0.1, 0.15) is 24.1 Å². The summed E-state index contributed by atoms with van der Waals surface area (Å²) in [6.45, 7) is 3.85. The van der Waals surface area contributed by atoms with Gasteiger partial charge >= 0.3 is 5.97 Å². The van der Waals surface area contributed by atoms with Gasteiger partial charge in [-0.25, -0.2) is 4.98 Å². The average Bonchev–Trinajstić information content (AvgIpc) is 2.69. The van der Waals surface area contributed by atoms with E-state index in [0.717, 1.165) is 4.88 Å². The van der Waals surface area contributed by atoms with Crippen molar-refractivity contribution in [2.45, 2.75) is 30.0 Å². The summed E-state index contributed by atoms with van der Waals surface area (Å²) in [6, 6.07) is -0.552. The molecule has 1 saturated heterocycles. The van der Waals surface area contributed by atoms with Crippen LogP contribution in [-0.2, 0) is 4.79 Å². The number of carbonyl (C=O) groups is 1. The molecular formula is C9H11ClN2O2S2. The van der Waals surface area contributed by atoms with Crippen molar-refractivity contribution >= 4 is 40.7 Å². The summed E-state index contributed by atoms with van der Waals surface area (Å²) in [7, 11) is 0. The molecule has 2 heterocycles. The minimum absolute atomic E-state index is 0.0406. The van der Waals surface area contributed by atoms with Crippen LogP contribution in [0.4, 0.5) is 0 Å². The zero-order valence-corrected chi connectivity index (χ0v) is 11.1. The van der Waals surface area contributed by atoms with Crippen molar-refractivity contribution in [2.24, 2.45) is 0 Å². The van der Waals surface area contributed by atoms with Crippen LogP contribution in [0, 0.1) is 0 Å². The van der Waals surface area contributed by atoms with Gasteiger partial charge in [-0.1, -0.05) is 11.6 Å². The quantitative estimate of drug-likeness (QED) is 0.870. The molecule has 0 aliphatic carbocycles. The molecule has 2 rings (SSSR count). The second-order valence-electron chi connectivity index (χ2n) is 4.05. The summed E-state index contributed by atoms with van der Waals surface area (Å²) < 4.78 is 0.140. The minimum Gasteiger partial charge on any atom is -0.480 e. The first-order chi connectivity index (χ1) is 7.40. The number of rotatable bonds is 2. The summed E-state index contributed by atoms with van der Waals surface area (Å²) in [5.41, 5.74) is 0. The molecule has 4 nitrogen and oxygen atoms in total. The largest absolute Gasteiger partial charge is 0.480 e. The van der Waals surface area contributed by atoms with Crippen molar-refractivity contribution in [1.29, 1.82) is 0 Å². The molecule has 0 radical (unpaired) electrons. The van der Waals surface area contributed by atoms with E-state index in [1.54, 1.807) is 18.0 Å². The maximum Gasteiger partial charge on any atom is 0.322 e. The van der Waals surface area contributed by atoms with E-state index in [4.69, 9.17) is 16.7 Å². The fraction of sp³-hybridized carbons (Fsp3) is 0.556. The van der Waals surface area contributed by atoms with Gasteiger partial charge in [0.15, 0.2) is 4.47 Å². The monoisotopic (exact) mass is 278 g/mol. The molecule has 1 aromatic rings. The highest BCUT2D eigenvalue weighted by molar-refractivity contribution is 8.01. The molecule has 0 aromatic carbocycles. The molecule has 0 spiro atoms. The lowest BCUT2D eigenvalue weighted by atomic mass is 10.0. The molecule has 2 atom stereocenters. The Morgan fingerprint density at radius 2 is 2.38 bits per heavy atom. The van der Waals surface area contributed by atoms with E-state index in [1.807, 2.05) is 13.8 Å². The number of thiazole rings is 1. The SMILES string of the molecule is CC1(C)SC(c2cnc(Cl)s2)NC1C(=O)O. The lowest BCUT2D eigenvalue weighted by molar-refractivity contribution is -0.139.